The lowest BCUT2D eigenvalue weighted by molar-refractivity contribution is -0.0788. The fraction of sp³-hybridized carbons (Fsp3) is 0.227. The van der Waals surface area contributed by atoms with Gasteiger partial charge in [0.2, 0.25) is 0 Å². The summed E-state index contributed by atoms with van der Waals surface area (Å²) in [6.07, 6.45) is -3.27. The van der Waals surface area contributed by atoms with Gasteiger partial charge >= 0.3 is 0 Å². The van der Waals surface area contributed by atoms with Crippen molar-refractivity contribution in [1.82, 2.24) is 15.4 Å². The molecule has 9 nitrogen and oxygen atoms in total. The number of rotatable bonds is 8. The van der Waals surface area contributed by atoms with E-state index in [0.29, 0.717) is 11.3 Å². The van der Waals surface area contributed by atoms with Crippen LogP contribution in [0.4, 0.5) is 0 Å². The van der Waals surface area contributed by atoms with Crippen molar-refractivity contribution in [3.05, 3.63) is 77.9 Å². The van der Waals surface area contributed by atoms with Crippen molar-refractivity contribution in [3.8, 4) is 11.1 Å². The Hall–Kier alpha value is -3.37. The van der Waals surface area contributed by atoms with Gasteiger partial charge in [-0.1, -0.05) is 42.5 Å². The monoisotopic (exact) mass is 424 g/mol. The Labute approximate surface area is 178 Å². The highest BCUT2D eigenvalue weighted by Gasteiger charge is 2.27. The number of imidazole rings is 1. The molecule has 2 aromatic carbocycles. The molecular formula is C22H24N4O5. The van der Waals surface area contributed by atoms with Crippen LogP contribution in [0, 0.1) is 0 Å². The van der Waals surface area contributed by atoms with E-state index in [1.165, 1.54) is 6.20 Å². The number of aromatic amines is 1. The van der Waals surface area contributed by atoms with Crippen LogP contribution < -0.4 is 5.43 Å². The summed E-state index contributed by atoms with van der Waals surface area (Å²) >= 11 is 0. The van der Waals surface area contributed by atoms with Crippen LogP contribution in [0.5, 0.6) is 0 Å². The number of nitrogens with one attached hydrogen (secondary N) is 2. The summed E-state index contributed by atoms with van der Waals surface area (Å²) in [5.74, 6) is -0.136. The molecule has 0 saturated carbocycles. The molecule has 0 radical (unpaired) electrons. The van der Waals surface area contributed by atoms with E-state index in [4.69, 9.17) is 5.11 Å². The van der Waals surface area contributed by atoms with E-state index in [2.05, 4.69) is 20.5 Å². The molecule has 162 valence electrons. The van der Waals surface area contributed by atoms with E-state index in [0.717, 1.165) is 11.1 Å². The van der Waals surface area contributed by atoms with Crippen molar-refractivity contribution in [2.75, 3.05) is 6.61 Å². The molecule has 3 rings (SSSR count). The van der Waals surface area contributed by atoms with Gasteiger partial charge in [-0.05, 0) is 30.2 Å². The third kappa shape index (κ3) is 5.41. The molecule has 0 fully saturated rings. The Morgan fingerprint density at radius 1 is 1.10 bits per heavy atom. The van der Waals surface area contributed by atoms with E-state index in [1.54, 1.807) is 25.1 Å². The quantitative estimate of drug-likeness (QED) is 0.234. The Bertz CT molecular complexity index is 1050. The number of H-pyrrole nitrogens is 1. The number of amides is 1. The first-order valence-electron chi connectivity index (χ1n) is 9.61. The molecule has 31 heavy (non-hydrogen) atoms. The molecule has 0 aliphatic rings. The summed E-state index contributed by atoms with van der Waals surface area (Å²) in [4.78, 5) is 19.4. The molecule has 0 bridgehead atoms. The lowest BCUT2D eigenvalue weighted by atomic mass is 10.0. The summed E-state index contributed by atoms with van der Waals surface area (Å²) in [6.45, 7) is 0.905. The molecule has 0 aliphatic heterocycles. The predicted octanol–water partition coefficient (Wildman–Crippen LogP) is 0.978. The van der Waals surface area contributed by atoms with Crippen LogP contribution >= 0.6 is 0 Å². The smallest absolute Gasteiger partial charge is 0.271 e. The zero-order valence-electron chi connectivity index (χ0n) is 16.8. The Morgan fingerprint density at radius 2 is 1.81 bits per heavy atom. The molecule has 1 aromatic heterocycles. The number of nitrogens with zero attached hydrogens (tertiary/aromatic N) is 2. The lowest BCUT2D eigenvalue weighted by Gasteiger charge is -2.19. The SMILES string of the molecule is C/C(=N\NC(=O)c1cccc(-c2ccccc2)c1)c1nc(C(O)[C@H](O)[C@H](O)CO)c[nH]1. The Balaban J connectivity index is 1.68. The fourth-order valence-electron chi connectivity index (χ4n) is 2.89. The van der Waals surface area contributed by atoms with Crippen molar-refractivity contribution in [2.24, 2.45) is 5.10 Å². The van der Waals surface area contributed by atoms with Crippen LogP contribution in [0.2, 0.25) is 0 Å². The van der Waals surface area contributed by atoms with Gasteiger partial charge in [-0.15, -0.1) is 0 Å². The van der Waals surface area contributed by atoms with Gasteiger partial charge in [-0.3, -0.25) is 4.79 Å². The lowest BCUT2D eigenvalue weighted by Crippen LogP contribution is -2.34. The Morgan fingerprint density at radius 3 is 2.52 bits per heavy atom. The summed E-state index contributed by atoms with van der Waals surface area (Å²) in [5.41, 5.74) is 5.20. The third-order valence-corrected chi connectivity index (χ3v) is 4.71. The number of hydrogen-bond acceptors (Lipinski definition) is 7. The summed E-state index contributed by atoms with van der Waals surface area (Å²) in [6, 6.07) is 16.8. The highest BCUT2D eigenvalue weighted by atomic mass is 16.4. The predicted molar refractivity (Wildman–Crippen MR) is 114 cm³/mol. The minimum Gasteiger partial charge on any atom is -0.394 e. The van der Waals surface area contributed by atoms with Crippen LogP contribution in [-0.2, 0) is 0 Å². The first kappa shape index (κ1) is 22.3. The fourth-order valence-corrected chi connectivity index (χ4v) is 2.89. The van der Waals surface area contributed by atoms with E-state index < -0.39 is 30.8 Å². The zero-order chi connectivity index (χ0) is 22.4. The maximum atomic E-state index is 12.5. The molecule has 1 amide bonds. The van der Waals surface area contributed by atoms with Gasteiger partial charge < -0.3 is 25.4 Å². The van der Waals surface area contributed by atoms with Gasteiger partial charge in [0.05, 0.1) is 12.3 Å². The highest BCUT2D eigenvalue weighted by Crippen LogP contribution is 2.20. The van der Waals surface area contributed by atoms with Gasteiger partial charge in [-0.25, -0.2) is 10.4 Å². The number of benzene rings is 2. The molecular weight excluding hydrogens is 400 g/mol. The normalized spacial score (nSPS) is 14.7. The van der Waals surface area contributed by atoms with Gasteiger partial charge in [0.15, 0.2) is 5.82 Å². The standard InChI is InChI=1S/C22H24N4O5/c1-13(21-23-11-17(24-21)19(29)20(30)18(28)12-27)25-26-22(31)16-9-5-8-15(10-16)14-6-3-2-4-7-14/h2-11,18-20,27-30H,12H2,1H3,(H,23,24)(H,26,31)/b25-13+/t18-,19?,20-/m1/s1. The van der Waals surface area contributed by atoms with Crippen molar-refractivity contribution >= 4 is 11.6 Å². The van der Waals surface area contributed by atoms with Crippen molar-refractivity contribution < 1.29 is 25.2 Å². The first-order chi connectivity index (χ1) is 14.9. The second-order valence-corrected chi connectivity index (χ2v) is 6.94. The highest BCUT2D eigenvalue weighted by molar-refractivity contribution is 5.99. The summed E-state index contributed by atoms with van der Waals surface area (Å²) in [5, 5.41) is 42.2. The number of aliphatic hydroxyl groups excluding tert-OH is 4. The number of carbonyl (C=O) groups is 1. The second-order valence-electron chi connectivity index (χ2n) is 6.94. The number of hydrogen-bond donors (Lipinski definition) is 6. The van der Waals surface area contributed by atoms with E-state index in [1.807, 2.05) is 36.4 Å². The third-order valence-electron chi connectivity index (χ3n) is 4.71. The molecule has 1 unspecified atom stereocenters. The molecule has 9 heteroatoms. The summed E-state index contributed by atoms with van der Waals surface area (Å²) in [7, 11) is 0. The first-order valence-corrected chi connectivity index (χ1v) is 9.61. The number of hydrazone groups is 1. The van der Waals surface area contributed by atoms with Crippen molar-refractivity contribution in [1.29, 1.82) is 0 Å². The maximum Gasteiger partial charge on any atom is 0.271 e. The molecule has 0 aliphatic carbocycles. The maximum absolute atomic E-state index is 12.5. The van der Waals surface area contributed by atoms with E-state index in [-0.39, 0.29) is 11.5 Å². The number of aliphatic hydroxyl groups is 4. The molecule has 3 aromatic rings. The van der Waals surface area contributed by atoms with Crippen molar-refractivity contribution in [3.63, 3.8) is 0 Å². The average molecular weight is 424 g/mol. The van der Waals surface area contributed by atoms with Gasteiger partial charge in [0.25, 0.3) is 5.91 Å². The molecule has 1 heterocycles. The minimum absolute atomic E-state index is 0.0615. The van der Waals surface area contributed by atoms with Crippen LogP contribution in [0.25, 0.3) is 11.1 Å². The van der Waals surface area contributed by atoms with Crippen LogP contribution in [-0.4, -0.2) is 60.8 Å². The van der Waals surface area contributed by atoms with Gasteiger partial charge in [0, 0.05) is 11.8 Å². The van der Waals surface area contributed by atoms with Gasteiger partial charge in [-0.2, -0.15) is 5.10 Å². The van der Waals surface area contributed by atoms with E-state index in [9.17, 15) is 20.1 Å². The minimum atomic E-state index is -1.60. The zero-order valence-corrected chi connectivity index (χ0v) is 16.8. The van der Waals surface area contributed by atoms with Crippen LogP contribution in [0.3, 0.4) is 0 Å². The van der Waals surface area contributed by atoms with Gasteiger partial charge in [0.1, 0.15) is 24.0 Å². The Kier molecular flexibility index (Phi) is 7.27. The van der Waals surface area contributed by atoms with Crippen molar-refractivity contribution in [2.45, 2.75) is 25.2 Å². The number of aromatic nitrogens is 2. The molecule has 3 atom stereocenters. The second kappa shape index (κ2) is 10.1. The van der Waals surface area contributed by atoms with Crippen LogP contribution in [0.1, 0.15) is 34.9 Å². The summed E-state index contributed by atoms with van der Waals surface area (Å²) < 4.78 is 0. The average Bonchev–Trinajstić information content (AvgIpc) is 3.32. The largest absolute Gasteiger partial charge is 0.394 e. The topological polar surface area (TPSA) is 151 Å². The van der Waals surface area contributed by atoms with E-state index >= 15 is 0 Å². The van der Waals surface area contributed by atoms with Crippen LogP contribution in [0.15, 0.2) is 65.9 Å². The molecule has 6 N–H and O–H groups in total. The molecule has 0 saturated heterocycles. The number of carbonyl (C=O) groups excluding carboxylic acids is 1. The molecule has 0 spiro atoms.